The van der Waals surface area contributed by atoms with E-state index in [9.17, 15) is 4.79 Å². The van der Waals surface area contributed by atoms with Crippen LogP contribution < -0.4 is 11.1 Å². The second-order valence-electron chi connectivity index (χ2n) is 4.91. The molecule has 1 aromatic heterocycles. The number of aromatic nitrogens is 1. The lowest BCUT2D eigenvalue weighted by Crippen LogP contribution is -2.13. The molecule has 0 atom stereocenters. The van der Waals surface area contributed by atoms with E-state index in [0.717, 1.165) is 16.6 Å². The molecule has 4 nitrogen and oxygen atoms in total. The largest absolute Gasteiger partial charge is 0.399 e. The van der Waals surface area contributed by atoms with Crippen LogP contribution in [-0.2, 0) is 0 Å². The summed E-state index contributed by atoms with van der Waals surface area (Å²) < 4.78 is 0. The van der Waals surface area contributed by atoms with Gasteiger partial charge >= 0.3 is 0 Å². The van der Waals surface area contributed by atoms with Crippen molar-refractivity contribution in [1.29, 1.82) is 0 Å². The van der Waals surface area contributed by atoms with Gasteiger partial charge in [0.05, 0.1) is 11.1 Å². The fourth-order valence-corrected chi connectivity index (χ4v) is 2.24. The number of amides is 1. The van der Waals surface area contributed by atoms with Gasteiger partial charge in [0.25, 0.3) is 5.91 Å². The van der Waals surface area contributed by atoms with E-state index in [4.69, 9.17) is 5.73 Å². The summed E-state index contributed by atoms with van der Waals surface area (Å²) in [6, 6.07) is 14.8. The smallest absolute Gasteiger partial charge is 0.257 e. The summed E-state index contributed by atoms with van der Waals surface area (Å²) in [7, 11) is 0. The molecule has 4 heteroatoms. The molecule has 0 unspecified atom stereocenters. The minimum atomic E-state index is -0.177. The average Bonchev–Trinajstić information content (AvgIpc) is 2.50. The van der Waals surface area contributed by atoms with Gasteiger partial charge in [0.2, 0.25) is 0 Å². The summed E-state index contributed by atoms with van der Waals surface area (Å²) in [6.07, 6.45) is 1.69. The maximum absolute atomic E-state index is 12.4. The second kappa shape index (κ2) is 5.25. The van der Waals surface area contributed by atoms with Gasteiger partial charge in [0.1, 0.15) is 0 Å². The lowest BCUT2D eigenvalue weighted by atomic mass is 10.1. The van der Waals surface area contributed by atoms with Gasteiger partial charge in [-0.3, -0.25) is 9.78 Å². The summed E-state index contributed by atoms with van der Waals surface area (Å²) in [6.45, 7) is 1.91. The summed E-state index contributed by atoms with van der Waals surface area (Å²) in [5.41, 5.74) is 9.40. The first kappa shape index (κ1) is 13.1. The van der Waals surface area contributed by atoms with Gasteiger partial charge in [-0.2, -0.15) is 0 Å². The van der Waals surface area contributed by atoms with Crippen molar-refractivity contribution in [2.75, 3.05) is 11.1 Å². The predicted octanol–water partition coefficient (Wildman–Crippen LogP) is 3.38. The molecular formula is C17H15N3O. The summed E-state index contributed by atoms with van der Waals surface area (Å²) in [5, 5.41) is 3.83. The number of para-hydroxylation sites is 1. The van der Waals surface area contributed by atoms with Crippen LogP contribution in [0.5, 0.6) is 0 Å². The quantitative estimate of drug-likeness (QED) is 0.706. The minimum absolute atomic E-state index is 0.177. The molecule has 1 heterocycles. The number of pyridine rings is 1. The third kappa shape index (κ3) is 2.56. The van der Waals surface area contributed by atoms with Gasteiger partial charge in [-0.1, -0.05) is 18.2 Å². The number of nitrogens with one attached hydrogen (secondary N) is 1. The number of rotatable bonds is 2. The number of nitrogens with two attached hydrogens (primary N) is 1. The molecule has 0 saturated carbocycles. The highest BCUT2D eigenvalue weighted by Gasteiger charge is 2.11. The second-order valence-corrected chi connectivity index (χ2v) is 4.91. The van der Waals surface area contributed by atoms with Gasteiger partial charge < -0.3 is 11.1 Å². The first-order chi connectivity index (χ1) is 10.1. The molecule has 2 aromatic carbocycles. The van der Waals surface area contributed by atoms with Gasteiger partial charge in [0, 0.05) is 23.0 Å². The zero-order valence-electron chi connectivity index (χ0n) is 11.6. The Bertz CT molecular complexity index is 822. The van der Waals surface area contributed by atoms with Crippen molar-refractivity contribution in [1.82, 2.24) is 4.98 Å². The van der Waals surface area contributed by atoms with Crippen molar-refractivity contribution in [3.8, 4) is 0 Å². The Morgan fingerprint density at radius 2 is 1.95 bits per heavy atom. The van der Waals surface area contributed by atoms with Crippen molar-refractivity contribution >= 4 is 28.2 Å². The molecular weight excluding hydrogens is 262 g/mol. The van der Waals surface area contributed by atoms with E-state index in [1.54, 1.807) is 24.4 Å². The molecule has 0 fully saturated rings. The molecule has 0 radical (unpaired) electrons. The zero-order chi connectivity index (χ0) is 14.8. The van der Waals surface area contributed by atoms with Crippen molar-refractivity contribution in [3.63, 3.8) is 0 Å². The fourth-order valence-electron chi connectivity index (χ4n) is 2.24. The summed E-state index contributed by atoms with van der Waals surface area (Å²) in [5.74, 6) is -0.177. The van der Waals surface area contributed by atoms with Crippen molar-refractivity contribution in [2.45, 2.75) is 6.92 Å². The molecule has 3 N–H and O–H groups in total. The van der Waals surface area contributed by atoms with Crippen molar-refractivity contribution in [2.24, 2.45) is 0 Å². The SMILES string of the molecule is Cc1cc(NC(=O)c2cccc3cccnc23)ccc1N. The maximum atomic E-state index is 12.4. The van der Waals surface area contributed by atoms with Crippen LogP contribution >= 0.6 is 0 Å². The highest BCUT2D eigenvalue weighted by Crippen LogP contribution is 2.20. The molecule has 3 aromatic rings. The number of hydrogen-bond acceptors (Lipinski definition) is 3. The number of nitrogens with zero attached hydrogens (tertiary/aromatic N) is 1. The van der Waals surface area contributed by atoms with Gasteiger partial charge in [-0.25, -0.2) is 0 Å². The van der Waals surface area contributed by atoms with Crippen LogP contribution in [-0.4, -0.2) is 10.9 Å². The Kier molecular flexibility index (Phi) is 3.28. The topological polar surface area (TPSA) is 68.0 Å². The fraction of sp³-hybridized carbons (Fsp3) is 0.0588. The number of nitrogen functional groups attached to an aromatic ring is 1. The van der Waals surface area contributed by atoms with E-state index in [1.165, 1.54) is 0 Å². The maximum Gasteiger partial charge on any atom is 0.257 e. The van der Waals surface area contributed by atoms with Crippen LogP contribution in [0.15, 0.2) is 54.7 Å². The van der Waals surface area contributed by atoms with E-state index in [0.29, 0.717) is 16.8 Å². The molecule has 0 aliphatic carbocycles. The third-order valence-corrected chi connectivity index (χ3v) is 3.41. The molecule has 3 rings (SSSR count). The van der Waals surface area contributed by atoms with Crippen LogP contribution in [0.3, 0.4) is 0 Å². The monoisotopic (exact) mass is 277 g/mol. The van der Waals surface area contributed by atoms with Gasteiger partial charge in [-0.15, -0.1) is 0 Å². The Morgan fingerprint density at radius 1 is 1.14 bits per heavy atom. The molecule has 0 saturated heterocycles. The van der Waals surface area contributed by atoms with Crippen LogP contribution in [0.25, 0.3) is 10.9 Å². The first-order valence-corrected chi connectivity index (χ1v) is 6.66. The van der Waals surface area contributed by atoms with Gasteiger partial charge in [0.15, 0.2) is 0 Å². The highest BCUT2D eigenvalue weighted by molar-refractivity contribution is 6.11. The highest BCUT2D eigenvalue weighted by atomic mass is 16.1. The molecule has 21 heavy (non-hydrogen) atoms. The molecule has 1 amide bonds. The molecule has 0 spiro atoms. The number of hydrogen-bond donors (Lipinski definition) is 2. The normalized spacial score (nSPS) is 10.5. The Balaban J connectivity index is 1.95. The summed E-state index contributed by atoms with van der Waals surface area (Å²) >= 11 is 0. The van der Waals surface area contributed by atoms with Crippen LogP contribution in [0.2, 0.25) is 0 Å². The standard InChI is InChI=1S/C17H15N3O/c1-11-10-13(7-8-15(11)18)20-17(21)14-6-2-4-12-5-3-9-19-16(12)14/h2-10H,18H2,1H3,(H,20,21). The molecule has 0 aliphatic heterocycles. The molecule has 0 aliphatic rings. The number of aryl methyl sites for hydroxylation is 1. The van der Waals surface area contributed by atoms with E-state index in [-0.39, 0.29) is 5.91 Å². The number of benzene rings is 2. The number of fused-ring (bicyclic) bond motifs is 1. The van der Waals surface area contributed by atoms with Crippen LogP contribution in [0.1, 0.15) is 15.9 Å². The van der Waals surface area contributed by atoms with E-state index >= 15 is 0 Å². The third-order valence-electron chi connectivity index (χ3n) is 3.41. The van der Waals surface area contributed by atoms with Crippen molar-refractivity contribution in [3.05, 3.63) is 65.9 Å². The number of carbonyl (C=O) groups excluding carboxylic acids is 1. The Labute approximate surface area is 122 Å². The van der Waals surface area contributed by atoms with Crippen LogP contribution in [0, 0.1) is 6.92 Å². The lowest BCUT2D eigenvalue weighted by molar-refractivity contribution is 0.102. The number of carbonyl (C=O) groups is 1. The average molecular weight is 277 g/mol. The van der Waals surface area contributed by atoms with E-state index in [2.05, 4.69) is 10.3 Å². The summed E-state index contributed by atoms with van der Waals surface area (Å²) in [4.78, 5) is 16.7. The van der Waals surface area contributed by atoms with E-state index < -0.39 is 0 Å². The van der Waals surface area contributed by atoms with Crippen LogP contribution in [0.4, 0.5) is 11.4 Å². The zero-order valence-corrected chi connectivity index (χ0v) is 11.6. The lowest BCUT2D eigenvalue weighted by Gasteiger charge is -2.09. The van der Waals surface area contributed by atoms with Gasteiger partial charge in [-0.05, 0) is 42.8 Å². The van der Waals surface area contributed by atoms with Crippen molar-refractivity contribution < 1.29 is 4.79 Å². The first-order valence-electron chi connectivity index (χ1n) is 6.66. The predicted molar refractivity (Wildman–Crippen MR) is 85.3 cm³/mol. The minimum Gasteiger partial charge on any atom is -0.399 e. The van der Waals surface area contributed by atoms with E-state index in [1.807, 2.05) is 37.3 Å². The Hall–Kier alpha value is -2.88. The molecule has 104 valence electrons. The number of anilines is 2. The molecule has 0 bridgehead atoms. The Morgan fingerprint density at radius 3 is 2.76 bits per heavy atom.